The van der Waals surface area contributed by atoms with E-state index < -0.39 is 12.1 Å². The first kappa shape index (κ1) is 16.7. The summed E-state index contributed by atoms with van der Waals surface area (Å²) in [7, 11) is 0. The second-order valence-electron chi connectivity index (χ2n) is 6.02. The number of aliphatic hydroxyl groups excluding tert-OH is 1. The second-order valence-corrected chi connectivity index (χ2v) is 6.02. The average Bonchev–Trinajstić information content (AvgIpc) is 2.37. The van der Waals surface area contributed by atoms with Gasteiger partial charge in [0.2, 0.25) is 0 Å². The number of hydrogen-bond donors (Lipinski definition) is 3. The molecule has 7 nitrogen and oxygen atoms in total. The average molecular weight is 287 g/mol. The number of carboxylic acid groups (broad SMARTS) is 1. The van der Waals surface area contributed by atoms with E-state index in [1.807, 2.05) is 0 Å². The van der Waals surface area contributed by atoms with Crippen molar-refractivity contribution in [1.29, 1.82) is 0 Å². The van der Waals surface area contributed by atoms with E-state index in [1.165, 1.54) is 0 Å². The molecule has 1 atom stereocenters. The standard InChI is InChI=1S/C13H25N3O4/c1-13(2,3)16-8-6-15(7-9-16)12(20)14-5-4-10(17)11(18)19/h10,17H,4-9H2,1-3H3,(H,14,20)(H,18,19)/t10-/m0/s1. The zero-order valence-corrected chi connectivity index (χ0v) is 12.4. The summed E-state index contributed by atoms with van der Waals surface area (Å²) in [5.74, 6) is -1.27. The maximum atomic E-state index is 11.9. The van der Waals surface area contributed by atoms with Gasteiger partial charge in [0.25, 0.3) is 0 Å². The van der Waals surface area contributed by atoms with Gasteiger partial charge in [-0.3, -0.25) is 4.90 Å². The van der Waals surface area contributed by atoms with Crippen molar-refractivity contribution in [3.8, 4) is 0 Å². The highest BCUT2D eigenvalue weighted by atomic mass is 16.4. The first-order chi connectivity index (χ1) is 9.21. The van der Waals surface area contributed by atoms with Gasteiger partial charge in [-0.05, 0) is 20.8 Å². The summed E-state index contributed by atoms with van der Waals surface area (Å²) < 4.78 is 0. The SMILES string of the molecule is CC(C)(C)N1CCN(C(=O)NCC[C@H](O)C(=O)O)CC1. The van der Waals surface area contributed by atoms with E-state index in [4.69, 9.17) is 10.2 Å². The Bertz CT molecular complexity index is 346. The molecule has 0 bridgehead atoms. The Labute approximate surface area is 119 Å². The minimum Gasteiger partial charge on any atom is -0.479 e. The van der Waals surface area contributed by atoms with Crippen LogP contribution < -0.4 is 5.32 Å². The third kappa shape index (κ3) is 4.97. The van der Waals surface area contributed by atoms with Gasteiger partial charge in [0, 0.05) is 44.7 Å². The Morgan fingerprint density at radius 1 is 1.20 bits per heavy atom. The van der Waals surface area contributed by atoms with Gasteiger partial charge in [0.05, 0.1) is 0 Å². The van der Waals surface area contributed by atoms with Crippen molar-refractivity contribution in [3.63, 3.8) is 0 Å². The predicted molar refractivity (Wildman–Crippen MR) is 74.6 cm³/mol. The highest BCUT2D eigenvalue weighted by Gasteiger charge is 2.27. The van der Waals surface area contributed by atoms with Crippen LogP contribution in [-0.4, -0.2) is 76.4 Å². The van der Waals surface area contributed by atoms with E-state index >= 15 is 0 Å². The van der Waals surface area contributed by atoms with Gasteiger partial charge in [-0.25, -0.2) is 9.59 Å². The van der Waals surface area contributed by atoms with Crippen LogP contribution in [0.5, 0.6) is 0 Å². The molecule has 0 aromatic rings. The van der Waals surface area contributed by atoms with Crippen molar-refractivity contribution in [2.75, 3.05) is 32.7 Å². The fourth-order valence-corrected chi connectivity index (χ4v) is 2.13. The summed E-state index contributed by atoms with van der Waals surface area (Å²) in [6.07, 6.45) is -1.41. The van der Waals surface area contributed by atoms with Crippen molar-refractivity contribution >= 4 is 12.0 Å². The molecule has 1 heterocycles. The molecule has 116 valence electrons. The number of nitrogens with zero attached hydrogens (tertiary/aromatic N) is 2. The summed E-state index contributed by atoms with van der Waals surface area (Å²) in [6, 6.07) is -0.198. The van der Waals surface area contributed by atoms with Gasteiger partial charge in [-0.15, -0.1) is 0 Å². The number of rotatable bonds is 4. The van der Waals surface area contributed by atoms with Gasteiger partial charge in [0.15, 0.2) is 6.10 Å². The number of amides is 2. The molecule has 1 saturated heterocycles. The molecule has 0 aromatic carbocycles. The van der Waals surface area contributed by atoms with Gasteiger partial charge in [-0.2, -0.15) is 0 Å². The smallest absolute Gasteiger partial charge is 0.332 e. The van der Waals surface area contributed by atoms with Crippen molar-refractivity contribution in [3.05, 3.63) is 0 Å². The first-order valence-electron chi connectivity index (χ1n) is 6.90. The highest BCUT2D eigenvalue weighted by Crippen LogP contribution is 2.15. The Balaban J connectivity index is 2.28. The molecule has 1 rings (SSSR count). The normalized spacial score (nSPS) is 18.7. The molecule has 7 heteroatoms. The molecule has 2 amide bonds. The third-order valence-corrected chi connectivity index (χ3v) is 3.49. The molecule has 0 aliphatic carbocycles. The topological polar surface area (TPSA) is 93.1 Å². The third-order valence-electron chi connectivity index (χ3n) is 3.49. The Hall–Kier alpha value is -1.34. The summed E-state index contributed by atoms with van der Waals surface area (Å²) in [6.45, 7) is 9.58. The Kier molecular flexibility index (Phi) is 5.76. The summed E-state index contributed by atoms with van der Waals surface area (Å²) >= 11 is 0. The van der Waals surface area contributed by atoms with Gasteiger partial charge >= 0.3 is 12.0 Å². The lowest BCUT2D eigenvalue weighted by Gasteiger charge is -2.42. The number of piperazine rings is 1. The van der Waals surface area contributed by atoms with E-state index in [0.29, 0.717) is 13.1 Å². The van der Waals surface area contributed by atoms with Crippen molar-refractivity contribution in [2.45, 2.75) is 38.8 Å². The molecule has 1 aliphatic rings. The maximum Gasteiger partial charge on any atom is 0.332 e. The van der Waals surface area contributed by atoms with Crippen LogP contribution in [0.2, 0.25) is 0 Å². The van der Waals surface area contributed by atoms with Crippen LogP contribution in [0.15, 0.2) is 0 Å². The molecule has 20 heavy (non-hydrogen) atoms. The van der Waals surface area contributed by atoms with Crippen LogP contribution >= 0.6 is 0 Å². The lowest BCUT2D eigenvalue weighted by Crippen LogP contribution is -2.56. The quantitative estimate of drug-likeness (QED) is 0.674. The Morgan fingerprint density at radius 3 is 2.20 bits per heavy atom. The van der Waals surface area contributed by atoms with Gasteiger partial charge in [-0.1, -0.05) is 0 Å². The lowest BCUT2D eigenvalue weighted by molar-refractivity contribution is -0.146. The lowest BCUT2D eigenvalue weighted by atomic mass is 10.1. The molecule has 0 saturated carbocycles. The number of carbonyl (C=O) groups is 2. The first-order valence-corrected chi connectivity index (χ1v) is 6.90. The monoisotopic (exact) mass is 287 g/mol. The van der Waals surface area contributed by atoms with E-state index in [9.17, 15) is 9.59 Å². The molecule has 0 unspecified atom stereocenters. The molecule has 0 radical (unpaired) electrons. The molecule has 1 fully saturated rings. The molecule has 1 aliphatic heterocycles. The van der Waals surface area contributed by atoms with Crippen LogP contribution in [0.25, 0.3) is 0 Å². The van der Waals surface area contributed by atoms with Crippen LogP contribution in [0.3, 0.4) is 0 Å². The number of aliphatic hydroxyl groups is 1. The van der Waals surface area contributed by atoms with Crippen LogP contribution in [0.1, 0.15) is 27.2 Å². The zero-order chi connectivity index (χ0) is 15.3. The van der Waals surface area contributed by atoms with Gasteiger partial charge < -0.3 is 20.4 Å². The maximum absolute atomic E-state index is 11.9. The van der Waals surface area contributed by atoms with E-state index in [-0.39, 0.29) is 24.5 Å². The fraction of sp³-hybridized carbons (Fsp3) is 0.846. The van der Waals surface area contributed by atoms with E-state index in [0.717, 1.165) is 13.1 Å². The summed E-state index contributed by atoms with van der Waals surface area (Å²) in [4.78, 5) is 26.3. The molecular formula is C13H25N3O4. The van der Waals surface area contributed by atoms with Crippen LogP contribution in [0.4, 0.5) is 4.79 Å². The molecule has 0 spiro atoms. The number of carboxylic acids is 1. The minimum absolute atomic E-state index is 0.0169. The minimum atomic E-state index is -1.42. The number of hydrogen-bond acceptors (Lipinski definition) is 4. The predicted octanol–water partition coefficient (Wildman–Crippen LogP) is -0.0523. The number of nitrogens with one attached hydrogen (secondary N) is 1. The zero-order valence-electron chi connectivity index (χ0n) is 12.4. The van der Waals surface area contributed by atoms with Crippen molar-refractivity contribution < 1.29 is 19.8 Å². The molecule has 0 aromatic heterocycles. The summed E-state index contributed by atoms with van der Waals surface area (Å²) in [5.41, 5.74) is 0.105. The van der Waals surface area contributed by atoms with Gasteiger partial charge in [0.1, 0.15) is 0 Å². The van der Waals surface area contributed by atoms with Crippen molar-refractivity contribution in [2.24, 2.45) is 0 Å². The van der Waals surface area contributed by atoms with Crippen LogP contribution in [-0.2, 0) is 4.79 Å². The van der Waals surface area contributed by atoms with E-state index in [1.54, 1.807) is 4.90 Å². The largest absolute Gasteiger partial charge is 0.479 e. The molecular weight excluding hydrogens is 262 g/mol. The Morgan fingerprint density at radius 2 is 1.75 bits per heavy atom. The number of carbonyl (C=O) groups excluding carboxylic acids is 1. The number of aliphatic carboxylic acids is 1. The fourth-order valence-electron chi connectivity index (χ4n) is 2.13. The second kappa shape index (κ2) is 6.90. The van der Waals surface area contributed by atoms with Crippen molar-refractivity contribution in [1.82, 2.24) is 15.1 Å². The van der Waals surface area contributed by atoms with Crippen LogP contribution in [0, 0.1) is 0 Å². The summed E-state index contributed by atoms with van der Waals surface area (Å²) in [5, 5.41) is 20.3. The molecule has 3 N–H and O–H groups in total. The van der Waals surface area contributed by atoms with E-state index in [2.05, 4.69) is 31.0 Å². The number of urea groups is 1. The highest BCUT2D eigenvalue weighted by molar-refractivity contribution is 5.74.